The molecule has 0 spiro atoms. The van der Waals surface area contributed by atoms with Gasteiger partial charge in [0.25, 0.3) is 0 Å². The number of aliphatic hydroxyl groups is 3. The van der Waals surface area contributed by atoms with E-state index in [9.17, 15) is 29.7 Å². The van der Waals surface area contributed by atoms with Gasteiger partial charge in [-0.1, -0.05) is 0 Å². The van der Waals surface area contributed by atoms with Crippen LogP contribution in [0.1, 0.15) is 38.5 Å². The van der Waals surface area contributed by atoms with E-state index in [0.717, 1.165) is 19.3 Å². The number of hydrogen-bond donors (Lipinski definition) is 6. The molecule has 0 aromatic heterocycles. The summed E-state index contributed by atoms with van der Waals surface area (Å²) in [4.78, 5) is 39.0. The van der Waals surface area contributed by atoms with Crippen molar-refractivity contribution in [1.29, 1.82) is 0 Å². The van der Waals surface area contributed by atoms with Crippen LogP contribution in [0.5, 0.6) is 0 Å². The summed E-state index contributed by atoms with van der Waals surface area (Å²) >= 11 is 0. The van der Waals surface area contributed by atoms with Crippen LogP contribution in [-0.4, -0.2) is 140 Å². The Balaban J connectivity index is 2.74. The molecule has 0 amide bonds. The minimum Gasteiger partial charge on any atom is -0.479 e. The van der Waals surface area contributed by atoms with Crippen LogP contribution >= 0.6 is 0 Å². The molecule has 6 N–H and O–H groups in total. The molecule has 12 nitrogen and oxygen atoms in total. The van der Waals surface area contributed by atoms with Gasteiger partial charge in [0.05, 0.1) is 0 Å². The van der Waals surface area contributed by atoms with Crippen molar-refractivity contribution in [3.05, 3.63) is 0 Å². The molecule has 0 unspecified atom stereocenters. The van der Waals surface area contributed by atoms with Crippen LogP contribution in [0.2, 0.25) is 0 Å². The minimum absolute atomic E-state index is 0.109. The SMILES string of the molecule is O=C(O)[C@@H](O)CCN1CCCN(CC[C@H](O)C(=O)O)CCCN(CC[C@H](O)C(=O)O)CCC1. The van der Waals surface area contributed by atoms with Gasteiger partial charge in [0, 0.05) is 19.6 Å². The number of nitrogens with zero attached hydrogens (tertiary/aromatic N) is 3. The second kappa shape index (κ2) is 15.9. The largest absolute Gasteiger partial charge is 0.479 e. The summed E-state index contributed by atoms with van der Waals surface area (Å²) in [7, 11) is 0. The van der Waals surface area contributed by atoms with Gasteiger partial charge in [0.1, 0.15) is 0 Å². The predicted octanol–water partition coefficient (Wildman–Crippen LogP) is -1.42. The van der Waals surface area contributed by atoms with Crippen molar-refractivity contribution < 1.29 is 45.0 Å². The topological polar surface area (TPSA) is 182 Å². The number of aliphatic hydroxyl groups excluding tert-OH is 3. The fourth-order valence-corrected chi connectivity index (χ4v) is 3.85. The standard InChI is InChI=1S/C21H39N3O9/c25-16(19(28)29)4-13-22-7-1-8-23(14-5-17(26)20(30)31)10-3-12-24(11-2-9-22)15-6-18(27)21(32)33/h16-18,25-27H,1-15H2,(H,28,29)(H,30,31)(H,32,33)/t16-,17-,18-/m0/s1. The summed E-state index contributed by atoms with van der Waals surface area (Å²) in [6, 6.07) is 0. The van der Waals surface area contributed by atoms with Crippen LogP contribution in [0, 0.1) is 0 Å². The summed E-state index contributed by atoms with van der Waals surface area (Å²) in [6.07, 6.45) is -1.60. The maximum Gasteiger partial charge on any atom is 0.332 e. The molecule has 0 aromatic rings. The molecule has 0 saturated carbocycles. The van der Waals surface area contributed by atoms with Gasteiger partial charge in [0.15, 0.2) is 18.3 Å². The van der Waals surface area contributed by atoms with E-state index in [1.807, 2.05) is 0 Å². The Morgan fingerprint density at radius 2 is 0.727 bits per heavy atom. The molecule has 1 saturated heterocycles. The van der Waals surface area contributed by atoms with Crippen molar-refractivity contribution in [2.45, 2.75) is 56.8 Å². The first-order valence-electron chi connectivity index (χ1n) is 11.5. The predicted molar refractivity (Wildman–Crippen MR) is 118 cm³/mol. The van der Waals surface area contributed by atoms with Crippen molar-refractivity contribution >= 4 is 17.9 Å². The Hall–Kier alpha value is -1.83. The van der Waals surface area contributed by atoms with Gasteiger partial charge in [-0.2, -0.15) is 0 Å². The number of carboxylic acid groups (broad SMARTS) is 3. The van der Waals surface area contributed by atoms with Gasteiger partial charge in [-0.15, -0.1) is 0 Å². The first-order valence-corrected chi connectivity index (χ1v) is 11.5. The molecule has 12 heteroatoms. The van der Waals surface area contributed by atoms with E-state index in [0.29, 0.717) is 58.9 Å². The van der Waals surface area contributed by atoms with Crippen LogP contribution in [0.4, 0.5) is 0 Å². The average Bonchev–Trinajstić information content (AvgIpc) is 2.75. The number of hydrogen-bond acceptors (Lipinski definition) is 9. The Morgan fingerprint density at radius 1 is 0.515 bits per heavy atom. The van der Waals surface area contributed by atoms with Crippen molar-refractivity contribution in [1.82, 2.24) is 14.7 Å². The molecule has 0 radical (unpaired) electrons. The molecule has 1 fully saturated rings. The summed E-state index contributed by atoms with van der Waals surface area (Å²) < 4.78 is 0. The second-order valence-electron chi connectivity index (χ2n) is 8.51. The highest BCUT2D eigenvalue weighted by Crippen LogP contribution is 2.08. The Bertz CT molecular complexity index is 515. The van der Waals surface area contributed by atoms with Crippen molar-refractivity contribution in [3.63, 3.8) is 0 Å². The lowest BCUT2D eigenvalue weighted by Crippen LogP contribution is -2.39. The maximum absolute atomic E-state index is 10.9. The monoisotopic (exact) mass is 477 g/mol. The molecule has 1 aliphatic heterocycles. The molecule has 0 aromatic carbocycles. The molecule has 0 aliphatic carbocycles. The van der Waals surface area contributed by atoms with Crippen molar-refractivity contribution in [3.8, 4) is 0 Å². The van der Waals surface area contributed by atoms with Gasteiger partial charge < -0.3 is 45.3 Å². The number of aliphatic carboxylic acids is 3. The van der Waals surface area contributed by atoms with Crippen LogP contribution < -0.4 is 0 Å². The molecule has 1 aliphatic rings. The van der Waals surface area contributed by atoms with Gasteiger partial charge in [-0.25, -0.2) is 14.4 Å². The molecule has 3 atom stereocenters. The van der Waals surface area contributed by atoms with E-state index in [-0.39, 0.29) is 19.3 Å². The third kappa shape index (κ3) is 12.8. The van der Waals surface area contributed by atoms with Crippen LogP contribution in [0.25, 0.3) is 0 Å². The van der Waals surface area contributed by atoms with Crippen LogP contribution in [0.15, 0.2) is 0 Å². The molecule has 0 bridgehead atoms. The van der Waals surface area contributed by atoms with Crippen LogP contribution in [0.3, 0.4) is 0 Å². The second-order valence-corrected chi connectivity index (χ2v) is 8.51. The van der Waals surface area contributed by atoms with Crippen molar-refractivity contribution in [2.75, 3.05) is 58.9 Å². The van der Waals surface area contributed by atoms with Gasteiger partial charge in [-0.05, 0) is 77.8 Å². The fourth-order valence-electron chi connectivity index (χ4n) is 3.85. The van der Waals surface area contributed by atoms with Gasteiger partial charge in [-0.3, -0.25) is 0 Å². The zero-order chi connectivity index (χ0) is 24.8. The Morgan fingerprint density at radius 3 is 0.909 bits per heavy atom. The van der Waals surface area contributed by atoms with E-state index in [1.54, 1.807) is 0 Å². The van der Waals surface area contributed by atoms with E-state index >= 15 is 0 Å². The smallest absolute Gasteiger partial charge is 0.332 e. The fraction of sp³-hybridized carbons (Fsp3) is 0.857. The number of carboxylic acids is 3. The first kappa shape index (κ1) is 29.2. The third-order valence-electron chi connectivity index (χ3n) is 5.86. The maximum atomic E-state index is 10.9. The Kier molecular flexibility index (Phi) is 14.1. The zero-order valence-corrected chi connectivity index (χ0v) is 19.1. The molecular weight excluding hydrogens is 438 g/mol. The van der Waals surface area contributed by atoms with E-state index in [1.165, 1.54) is 0 Å². The Labute approximate surface area is 194 Å². The number of rotatable bonds is 12. The lowest BCUT2D eigenvalue weighted by atomic mass is 10.2. The highest BCUT2D eigenvalue weighted by Gasteiger charge is 2.20. The summed E-state index contributed by atoms with van der Waals surface area (Å²) in [5, 5.41) is 55.5. The van der Waals surface area contributed by atoms with Crippen LogP contribution in [-0.2, 0) is 14.4 Å². The minimum atomic E-state index is -1.42. The van der Waals surface area contributed by atoms with Crippen molar-refractivity contribution in [2.24, 2.45) is 0 Å². The average molecular weight is 478 g/mol. The zero-order valence-electron chi connectivity index (χ0n) is 19.1. The van der Waals surface area contributed by atoms with E-state index in [4.69, 9.17) is 15.3 Å². The summed E-state index contributed by atoms with van der Waals surface area (Å²) in [6.45, 7) is 5.35. The lowest BCUT2D eigenvalue weighted by Gasteiger charge is -2.30. The summed E-state index contributed by atoms with van der Waals surface area (Å²) in [5.41, 5.74) is 0. The van der Waals surface area contributed by atoms with E-state index < -0.39 is 36.2 Å². The molecule has 1 rings (SSSR count). The van der Waals surface area contributed by atoms with E-state index in [2.05, 4.69) is 14.7 Å². The lowest BCUT2D eigenvalue weighted by molar-refractivity contribution is -0.147. The highest BCUT2D eigenvalue weighted by molar-refractivity contribution is 5.72. The highest BCUT2D eigenvalue weighted by atomic mass is 16.4. The third-order valence-corrected chi connectivity index (χ3v) is 5.86. The van der Waals surface area contributed by atoms with Gasteiger partial charge in [0.2, 0.25) is 0 Å². The number of carbonyl (C=O) groups is 3. The van der Waals surface area contributed by atoms with Gasteiger partial charge >= 0.3 is 17.9 Å². The molecule has 1 heterocycles. The molecular formula is C21H39N3O9. The summed E-state index contributed by atoms with van der Waals surface area (Å²) in [5.74, 6) is -3.76. The molecule has 33 heavy (non-hydrogen) atoms. The quantitative estimate of drug-likeness (QED) is 0.193. The molecule has 192 valence electrons. The first-order chi connectivity index (χ1) is 15.6. The normalized spacial score (nSPS) is 20.8.